The van der Waals surface area contributed by atoms with Crippen LogP contribution in [0.25, 0.3) is 0 Å². The molecule has 0 bridgehead atoms. The summed E-state index contributed by atoms with van der Waals surface area (Å²) in [6, 6.07) is 1.83. The van der Waals surface area contributed by atoms with Crippen molar-refractivity contribution in [3.8, 4) is 0 Å². The highest BCUT2D eigenvalue weighted by atomic mass is 79.9. The molecule has 1 fully saturated rings. The van der Waals surface area contributed by atoms with Crippen LogP contribution in [0.3, 0.4) is 0 Å². The molecule has 0 aromatic carbocycles. The molecular weight excluding hydrogens is 332 g/mol. The van der Waals surface area contributed by atoms with Crippen LogP contribution in [0.5, 0.6) is 0 Å². The molecule has 21 heavy (non-hydrogen) atoms. The monoisotopic (exact) mass is 348 g/mol. The Hall–Kier alpha value is -1.89. The van der Waals surface area contributed by atoms with Gasteiger partial charge in [0.1, 0.15) is 5.82 Å². The van der Waals surface area contributed by atoms with E-state index in [-0.39, 0.29) is 0 Å². The lowest BCUT2D eigenvalue weighted by molar-refractivity contribution is 0.633. The summed E-state index contributed by atoms with van der Waals surface area (Å²) < 4.78 is 0.979. The molecule has 3 heterocycles. The van der Waals surface area contributed by atoms with Gasteiger partial charge >= 0.3 is 0 Å². The molecule has 3 rings (SSSR count). The minimum absolute atomic E-state index is 0.710. The maximum atomic E-state index is 5.88. The minimum Gasteiger partial charge on any atom is -0.397 e. The van der Waals surface area contributed by atoms with E-state index in [1.807, 2.05) is 13.0 Å². The molecule has 0 amide bonds. The van der Waals surface area contributed by atoms with Crippen molar-refractivity contribution < 1.29 is 0 Å². The molecule has 1 saturated heterocycles. The fraction of sp³-hybridized carbons (Fsp3) is 0.357. The van der Waals surface area contributed by atoms with Crippen LogP contribution < -0.4 is 15.5 Å². The molecule has 1 aliphatic heterocycles. The highest BCUT2D eigenvalue weighted by Gasteiger charge is 2.22. The van der Waals surface area contributed by atoms with Crippen molar-refractivity contribution in [3.05, 3.63) is 34.7 Å². The number of aromatic nitrogens is 3. The van der Waals surface area contributed by atoms with E-state index in [9.17, 15) is 0 Å². The average molecular weight is 349 g/mol. The first-order valence-electron chi connectivity index (χ1n) is 6.84. The number of hydrogen-bond acceptors (Lipinski definition) is 6. The Kier molecular flexibility index (Phi) is 3.92. The van der Waals surface area contributed by atoms with Crippen LogP contribution in [0.2, 0.25) is 0 Å². The minimum atomic E-state index is 0.710. The van der Waals surface area contributed by atoms with Gasteiger partial charge < -0.3 is 15.5 Å². The zero-order valence-electron chi connectivity index (χ0n) is 11.8. The van der Waals surface area contributed by atoms with E-state index in [0.717, 1.165) is 48.0 Å². The number of rotatable bonds is 2. The number of piperazine rings is 1. The Labute approximate surface area is 132 Å². The maximum Gasteiger partial charge on any atom is 0.225 e. The summed E-state index contributed by atoms with van der Waals surface area (Å²) in [7, 11) is 0. The van der Waals surface area contributed by atoms with Crippen molar-refractivity contribution in [2.24, 2.45) is 0 Å². The molecule has 0 spiro atoms. The highest BCUT2D eigenvalue weighted by Crippen LogP contribution is 2.31. The third kappa shape index (κ3) is 2.78. The van der Waals surface area contributed by atoms with Gasteiger partial charge in [0, 0.05) is 38.6 Å². The van der Waals surface area contributed by atoms with Crippen molar-refractivity contribution in [3.63, 3.8) is 0 Å². The average Bonchev–Trinajstić information content (AvgIpc) is 2.54. The number of pyridine rings is 1. The van der Waals surface area contributed by atoms with Crippen molar-refractivity contribution in [2.75, 3.05) is 41.7 Å². The number of nitrogen functional groups attached to an aromatic ring is 1. The van der Waals surface area contributed by atoms with E-state index < -0.39 is 0 Å². The smallest absolute Gasteiger partial charge is 0.225 e. The van der Waals surface area contributed by atoms with Gasteiger partial charge in [-0.15, -0.1) is 0 Å². The van der Waals surface area contributed by atoms with Crippen LogP contribution in [-0.4, -0.2) is 41.1 Å². The zero-order valence-corrected chi connectivity index (χ0v) is 13.4. The van der Waals surface area contributed by atoms with Gasteiger partial charge in [0.15, 0.2) is 0 Å². The molecule has 110 valence electrons. The second-order valence-electron chi connectivity index (χ2n) is 5.00. The van der Waals surface area contributed by atoms with Crippen LogP contribution >= 0.6 is 15.9 Å². The summed E-state index contributed by atoms with van der Waals surface area (Å²) in [5.41, 5.74) is 7.63. The molecule has 2 aromatic rings. The third-order valence-corrected chi connectivity index (χ3v) is 4.65. The third-order valence-electron chi connectivity index (χ3n) is 3.70. The zero-order chi connectivity index (χ0) is 14.8. The number of nitrogens with zero attached hydrogens (tertiary/aromatic N) is 5. The second-order valence-corrected chi connectivity index (χ2v) is 5.79. The Morgan fingerprint density at radius 2 is 1.67 bits per heavy atom. The molecule has 2 N–H and O–H groups in total. The molecule has 7 heteroatoms. The van der Waals surface area contributed by atoms with Crippen molar-refractivity contribution in [1.82, 2.24) is 15.0 Å². The fourth-order valence-electron chi connectivity index (χ4n) is 2.37. The Morgan fingerprint density at radius 3 is 2.33 bits per heavy atom. The number of halogens is 1. The SMILES string of the molecule is Cc1c(N)cnc(N2CCN(c3ncccn3)CC2)c1Br. The van der Waals surface area contributed by atoms with Crippen LogP contribution in [0.1, 0.15) is 5.56 Å². The van der Waals surface area contributed by atoms with Crippen LogP contribution in [0.4, 0.5) is 17.5 Å². The largest absolute Gasteiger partial charge is 0.397 e. The van der Waals surface area contributed by atoms with Gasteiger partial charge in [-0.1, -0.05) is 0 Å². The molecule has 1 aliphatic rings. The van der Waals surface area contributed by atoms with Crippen LogP contribution in [-0.2, 0) is 0 Å². The van der Waals surface area contributed by atoms with Crippen molar-refractivity contribution >= 4 is 33.4 Å². The maximum absolute atomic E-state index is 5.88. The molecule has 0 unspecified atom stereocenters. The van der Waals surface area contributed by atoms with Gasteiger partial charge in [-0.2, -0.15) is 0 Å². The molecule has 0 atom stereocenters. The summed E-state index contributed by atoms with van der Waals surface area (Å²) in [6.45, 7) is 5.52. The topological polar surface area (TPSA) is 71.2 Å². The van der Waals surface area contributed by atoms with E-state index in [4.69, 9.17) is 5.73 Å². The molecule has 0 radical (unpaired) electrons. The Morgan fingerprint density at radius 1 is 1.05 bits per heavy atom. The first-order valence-corrected chi connectivity index (χ1v) is 7.63. The van der Waals surface area contributed by atoms with Gasteiger partial charge in [-0.3, -0.25) is 0 Å². The van der Waals surface area contributed by atoms with E-state index in [1.165, 1.54) is 0 Å². The summed E-state index contributed by atoms with van der Waals surface area (Å²) in [5.74, 6) is 1.74. The van der Waals surface area contributed by atoms with Gasteiger partial charge in [-0.05, 0) is 34.5 Å². The van der Waals surface area contributed by atoms with Gasteiger partial charge in [0.25, 0.3) is 0 Å². The second kappa shape index (κ2) is 5.85. The van der Waals surface area contributed by atoms with E-state index >= 15 is 0 Å². The highest BCUT2D eigenvalue weighted by molar-refractivity contribution is 9.10. The van der Waals surface area contributed by atoms with Gasteiger partial charge in [-0.25, -0.2) is 15.0 Å². The molecule has 0 aliphatic carbocycles. The molecular formula is C14H17BrN6. The summed E-state index contributed by atoms with van der Waals surface area (Å²) >= 11 is 3.60. The summed E-state index contributed by atoms with van der Waals surface area (Å²) in [4.78, 5) is 17.5. The van der Waals surface area contributed by atoms with E-state index in [1.54, 1.807) is 18.6 Å². The number of anilines is 3. The molecule has 6 nitrogen and oxygen atoms in total. The lowest BCUT2D eigenvalue weighted by Crippen LogP contribution is -2.47. The van der Waals surface area contributed by atoms with Gasteiger partial charge in [0.05, 0.1) is 16.4 Å². The predicted octanol–water partition coefficient (Wildman–Crippen LogP) is 1.85. The van der Waals surface area contributed by atoms with Crippen molar-refractivity contribution in [1.29, 1.82) is 0 Å². The molecule has 0 saturated carbocycles. The molecule has 2 aromatic heterocycles. The lowest BCUT2D eigenvalue weighted by Gasteiger charge is -2.36. The summed E-state index contributed by atoms with van der Waals surface area (Å²) in [6.07, 6.45) is 5.27. The predicted molar refractivity (Wildman–Crippen MR) is 87.5 cm³/mol. The Bertz CT molecular complexity index is 625. The van der Waals surface area contributed by atoms with E-state index in [0.29, 0.717) is 5.69 Å². The normalized spacial score (nSPS) is 15.3. The van der Waals surface area contributed by atoms with Crippen molar-refractivity contribution in [2.45, 2.75) is 6.92 Å². The number of nitrogens with two attached hydrogens (primary N) is 1. The first kappa shape index (κ1) is 14.1. The van der Waals surface area contributed by atoms with Crippen LogP contribution in [0.15, 0.2) is 29.1 Å². The van der Waals surface area contributed by atoms with E-state index in [2.05, 4.69) is 40.7 Å². The fourth-order valence-corrected chi connectivity index (χ4v) is 2.95. The number of hydrogen-bond donors (Lipinski definition) is 1. The lowest BCUT2D eigenvalue weighted by atomic mass is 10.2. The first-order chi connectivity index (χ1) is 10.2. The van der Waals surface area contributed by atoms with Crippen LogP contribution in [0, 0.1) is 6.92 Å². The Balaban J connectivity index is 1.73. The summed E-state index contributed by atoms with van der Waals surface area (Å²) in [5, 5.41) is 0. The van der Waals surface area contributed by atoms with Gasteiger partial charge in [0.2, 0.25) is 5.95 Å². The standard InChI is InChI=1S/C14H17BrN6/c1-10-11(16)9-19-13(12(10)15)20-5-7-21(8-6-20)14-17-3-2-4-18-14/h2-4,9H,5-8,16H2,1H3. The quantitative estimate of drug-likeness (QED) is 0.892.